The average Bonchev–Trinajstić information content (AvgIpc) is 2.06. The van der Waals surface area contributed by atoms with Crippen molar-refractivity contribution in [3.8, 4) is 0 Å². The molecule has 0 aliphatic heterocycles. The second kappa shape index (κ2) is 4.19. The van der Waals surface area contributed by atoms with Gasteiger partial charge in [-0.1, -0.05) is 25.1 Å². The van der Waals surface area contributed by atoms with Crippen molar-refractivity contribution in [1.82, 2.24) is 0 Å². The number of rotatable bonds is 3. The van der Waals surface area contributed by atoms with E-state index in [1.165, 1.54) is 11.3 Å². The molecule has 1 aromatic rings. The Labute approximate surface area is 71.2 Å². The molecule has 0 saturated heterocycles. The third kappa shape index (κ3) is 2.08. The van der Waals surface area contributed by atoms with E-state index in [0.717, 1.165) is 12.6 Å². The normalized spacial score (nSPS) is 9.64. The van der Waals surface area contributed by atoms with Gasteiger partial charge in [-0.2, -0.15) is 0 Å². The zero-order valence-corrected chi connectivity index (χ0v) is 7.72. The van der Waals surface area contributed by atoms with Crippen molar-refractivity contribution in [3.63, 3.8) is 0 Å². The number of anilines is 1. The van der Waals surface area contributed by atoms with Crippen LogP contribution >= 0.6 is 0 Å². The van der Waals surface area contributed by atoms with Gasteiger partial charge in [-0.3, -0.25) is 0 Å². The highest BCUT2D eigenvalue weighted by atomic mass is 28.1. The van der Waals surface area contributed by atoms with Crippen molar-refractivity contribution in [2.45, 2.75) is 13.3 Å². The van der Waals surface area contributed by atoms with E-state index in [2.05, 4.69) is 40.7 Å². The van der Waals surface area contributed by atoms with E-state index in [1.807, 2.05) is 6.07 Å². The second-order valence-corrected chi connectivity index (χ2v) is 2.72. The van der Waals surface area contributed by atoms with E-state index in [0.29, 0.717) is 0 Å². The van der Waals surface area contributed by atoms with Gasteiger partial charge in [-0.25, -0.2) is 0 Å². The van der Waals surface area contributed by atoms with Crippen molar-refractivity contribution in [2.75, 3.05) is 11.5 Å². The van der Waals surface area contributed by atoms with Crippen LogP contribution in [0.1, 0.15) is 12.5 Å². The molecular weight excluding hydrogens is 150 g/mol. The molecule has 1 nitrogen and oxygen atoms in total. The highest BCUT2D eigenvalue weighted by Crippen LogP contribution is 2.14. The van der Waals surface area contributed by atoms with E-state index in [9.17, 15) is 0 Å². The molecule has 1 rings (SSSR count). The molecule has 0 atom stereocenters. The number of para-hydroxylation sites is 1. The summed E-state index contributed by atoms with van der Waals surface area (Å²) >= 11 is 0. The lowest BCUT2D eigenvalue weighted by Gasteiger charge is -2.07. The first-order valence-corrected chi connectivity index (χ1v) is 4.55. The third-order valence-electron chi connectivity index (χ3n) is 1.68. The molecule has 11 heavy (non-hydrogen) atoms. The minimum Gasteiger partial charge on any atom is -0.389 e. The van der Waals surface area contributed by atoms with Gasteiger partial charge in [0, 0.05) is 11.9 Å². The quantitative estimate of drug-likeness (QED) is 0.668. The maximum absolute atomic E-state index is 3.38. The number of nitrogens with one attached hydrogen (secondary N) is 1. The zero-order valence-electron chi connectivity index (χ0n) is 6.72. The first kappa shape index (κ1) is 8.33. The first-order valence-electron chi connectivity index (χ1n) is 3.85. The monoisotopic (exact) mass is 162 g/mol. The molecule has 0 aliphatic carbocycles. The van der Waals surface area contributed by atoms with Crippen LogP contribution in [0.15, 0.2) is 24.3 Å². The lowest BCUT2D eigenvalue weighted by molar-refractivity contribution is 1.13. The summed E-state index contributed by atoms with van der Waals surface area (Å²) in [5.41, 5.74) is 2.59. The van der Waals surface area contributed by atoms with E-state index in [4.69, 9.17) is 0 Å². The van der Waals surface area contributed by atoms with Crippen LogP contribution in [-0.2, 0) is 6.42 Å². The van der Waals surface area contributed by atoms with Crippen LogP contribution in [0.5, 0.6) is 0 Å². The Morgan fingerprint density at radius 2 is 2.09 bits per heavy atom. The largest absolute Gasteiger partial charge is 0.389 e. The van der Waals surface area contributed by atoms with Crippen LogP contribution in [0.25, 0.3) is 0 Å². The molecule has 3 radical (unpaired) electrons. The Morgan fingerprint density at radius 1 is 1.36 bits per heavy atom. The van der Waals surface area contributed by atoms with Crippen LogP contribution in [0.3, 0.4) is 0 Å². The van der Waals surface area contributed by atoms with Gasteiger partial charge in [0.25, 0.3) is 0 Å². The predicted molar refractivity (Wildman–Crippen MR) is 50.1 cm³/mol. The summed E-state index contributed by atoms with van der Waals surface area (Å²) in [5.74, 6) is 0. The summed E-state index contributed by atoms with van der Waals surface area (Å²) in [7, 11) is 3.38. The fraction of sp³-hybridized carbons (Fsp3) is 0.333. The van der Waals surface area contributed by atoms with Crippen LogP contribution in [-0.4, -0.2) is 16.4 Å². The van der Waals surface area contributed by atoms with Gasteiger partial charge in [0.05, 0.1) is 10.2 Å². The Morgan fingerprint density at radius 3 is 2.73 bits per heavy atom. The van der Waals surface area contributed by atoms with Gasteiger partial charge in [-0.05, 0) is 18.1 Å². The first-order chi connectivity index (χ1) is 5.38. The molecule has 2 heteroatoms. The summed E-state index contributed by atoms with van der Waals surface area (Å²) in [5, 5.41) is 3.24. The van der Waals surface area contributed by atoms with E-state index in [1.54, 1.807) is 0 Å². The van der Waals surface area contributed by atoms with Gasteiger partial charge in [0.2, 0.25) is 0 Å². The molecule has 1 aromatic carbocycles. The van der Waals surface area contributed by atoms with Crippen molar-refractivity contribution in [1.29, 1.82) is 0 Å². The van der Waals surface area contributed by atoms with Crippen LogP contribution in [0, 0.1) is 0 Å². The SMILES string of the molecule is CCc1ccccc1NC[Si]. The summed E-state index contributed by atoms with van der Waals surface area (Å²) in [6.07, 6.45) is 1.88. The number of aryl methyl sites for hydroxylation is 1. The minimum absolute atomic E-state index is 0.803. The second-order valence-electron chi connectivity index (χ2n) is 2.36. The molecule has 0 bridgehead atoms. The Kier molecular flexibility index (Phi) is 3.17. The maximum atomic E-state index is 3.38. The average molecular weight is 162 g/mol. The Hall–Kier alpha value is -0.763. The number of benzene rings is 1. The lowest BCUT2D eigenvalue weighted by atomic mass is 10.1. The van der Waals surface area contributed by atoms with Crippen molar-refractivity contribution in [3.05, 3.63) is 29.8 Å². The summed E-state index contributed by atoms with van der Waals surface area (Å²) in [4.78, 5) is 0. The van der Waals surface area contributed by atoms with Gasteiger partial charge in [0.15, 0.2) is 0 Å². The molecule has 0 spiro atoms. The topological polar surface area (TPSA) is 12.0 Å². The molecule has 0 saturated carbocycles. The van der Waals surface area contributed by atoms with Crippen LogP contribution in [0.4, 0.5) is 5.69 Å². The third-order valence-corrected chi connectivity index (χ3v) is 1.85. The maximum Gasteiger partial charge on any atom is 0.0509 e. The van der Waals surface area contributed by atoms with Crippen molar-refractivity contribution < 1.29 is 0 Å². The van der Waals surface area contributed by atoms with Crippen LogP contribution < -0.4 is 5.32 Å². The molecular formula is C9H12NSi. The van der Waals surface area contributed by atoms with E-state index < -0.39 is 0 Å². The van der Waals surface area contributed by atoms with Gasteiger partial charge >= 0.3 is 0 Å². The Bertz CT molecular complexity index is 223. The number of hydrogen-bond acceptors (Lipinski definition) is 1. The molecule has 0 aliphatic rings. The molecule has 0 unspecified atom stereocenters. The smallest absolute Gasteiger partial charge is 0.0509 e. The van der Waals surface area contributed by atoms with Crippen LogP contribution in [0.2, 0.25) is 0 Å². The number of hydrogen-bond donors (Lipinski definition) is 1. The molecule has 0 heterocycles. The van der Waals surface area contributed by atoms with Crippen molar-refractivity contribution in [2.24, 2.45) is 0 Å². The Balaban J connectivity index is 2.83. The standard InChI is InChI=1S/C9H12NSi/c1-2-8-5-3-4-6-9(8)10-7-11/h3-6,10H,2,7H2,1H3. The summed E-state index contributed by atoms with van der Waals surface area (Å²) in [6.45, 7) is 2.16. The fourth-order valence-corrected chi connectivity index (χ4v) is 1.29. The fourth-order valence-electron chi connectivity index (χ4n) is 1.10. The molecule has 0 aromatic heterocycles. The molecule has 57 valence electrons. The highest BCUT2D eigenvalue weighted by molar-refractivity contribution is 6.10. The van der Waals surface area contributed by atoms with Gasteiger partial charge < -0.3 is 5.32 Å². The highest BCUT2D eigenvalue weighted by Gasteiger charge is 1.95. The summed E-state index contributed by atoms with van der Waals surface area (Å²) in [6, 6.07) is 8.35. The minimum atomic E-state index is 0.803. The lowest BCUT2D eigenvalue weighted by Crippen LogP contribution is -2.02. The van der Waals surface area contributed by atoms with E-state index >= 15 is 0 Å². The molecule has 1 N–H and O–H groups in total. The molecule has 0 amide bonds. The van der Waals surface area contributed by atoms with Crippen molar-refractivity contribution >= 4 is 15.9 Å². The van der Waals surface area contributed by atoms with E-state index in [-0.39, 0.29) is 0 Å². The van der Waals surface area contributed by atoms with Gasteiger partial charge in [0.1, 0.15) is 0 Å². The summed E-state index contributed by atoms with van der Waals surface area (Å²) < 4.78 is 0. The molecule has 0 fully saturated rings. The predicted octanol–water partition coefficient (Wildman–Crippen LogP) is 1.79. The zero-order chi connectivity index (χ0) is 8.10. The van der Waals surface area contributed by atoms with Gasteiger partial charge in [-0.15, -0.1) is 0 Å².